The van der Waals surface area contributed by atoms with E-state index in [0.29, 0.717) is 11.5 Å². The van der Waals surface area contributed by atoms with E-state index >= 15 is 0 Å². The molecule has 1 aliphatic carbocycles. The van der Waals surface area contributed by atoms with Crippen LogP contribution in [0, 0.1) is 5.41 Å². The van der Waals surface area contributed by atoms with E-state index in [1.807, 2.05) is 6.07 Å². The third-order valence-electron chi connectivity index (χ3n) is 6.69. The van der Waals surface area contributed by atoms with Crippen molar-refractivity contribution in [3.8, 4) is 5.75 Å². The molecule has 2 fully saturated rings. The summed E-state index contributed by atoms with van der Waals surface area (Å²) < 4.78 is 10.8. The van der Waals surface area contributed by atoms with Crippen molar-refractivity contribution in [3.63, 3.8) is 0 Å². The molecule has 2 N–H and O–H groups in total. The summed E-state index contributed by atoms with van der Waals surface area (Å²) in [5.74, 6) is 1.84. The number of ether oxygens (including phenoxy) is 2. The van der Waals surface area contributed by atoms with E-state index in [2.05, 4.69) is 40.7 Å². The zero-order chi connectivity index (χ0) is 21.2. The SMILES string of the molecule is CCNC(=NCC1(CCOC)CCC1)NCC(c1cccc(OC)c1)N1CCCC1. The van der Waals surface area contributed by atoms with Gasteiger partial charge in [-0.05, 0) is 75.2 Å². The average Bonchev–Trinajstić information content (AvgIpc) is 3.27. The molecule has 0 bridgehead atoms. The van der Waals surface area contributed by atoms with E-state index < -0.39 is 0 Å². The summed E-state index contributed by atoms with van der Waals surface area (Å²) in [5, 5.41) is 7.08. The molecule has 1 heterocycles. The molecule has 6 nitrogen and oxygen atoms in total. The van der Waals surface area contributed by atoms with Gasteiger partial charge in [-0.25, -0.2) is 0 Å². The summed E-state index contributed by atoms with van der Waals surface area (Å²) in [7, 11) is 3.52. The first-order chi connectivity index (χ1) is 14.7. The maximum atomic E-state index is 5.47. The van der Waals surface area contributed by atoms with Crippen LogP contribution in [0.15, 0.2) is 29.3 Å². The van der Waals surface area contributed by atoms with Gasteiger partial charge in [0.05, 0.1) is 13.2 Å². The topological polar surface area (TPSA) is 58.1 Å². The van der Waals surface area contributed by atoms with Gasteiger partial charge in [0.2, 0.25) is 0 Å². The largest absolute Gasteiger partial charge is 0.497 e. The van der Waals surface area contributed by atoms with Gasteiger partial charge in [-0.15, -0.1) is 0 Å². The predicted molar refractivity (Wildman–Crippen MR) is 123 cm³/mol. The molecule has 0 amide bonds. The minimum atomic E-state index is 0.317. The minimum Gasteiger partial charge on any atom is -0.497 e. The quantitative estimate of drug-likeness (QED) is 0.426. The second kappa shape index (κ2) is 11.6. The van der Waals surface area contributed by atoms with Crippen LogP contribution >= 0.6 is 0 Å². The average molecular weight is 417 g/mol. The van der Waals surface area contributed by atoms with Crippen molar-refractivity contribution in [3.05, 3.63) is 29.8 Å². The lowest BCUT2D eigenvalue weighted by molar-refractivity contribution is 0.0778. The number of hydrogen-bond acceptors (Lipinski definition) is 4. The number of nitrogens with one attached hydrogen (secondary N) is 2. The third kappa shape index (κ3) is 6.11. The van der Waals surface area contributed by atoms with Crippen molar-refractivity contribution in [2.75, 3.05) is 53.6 Å². The summed E-state index contributed by atoms with van der Waals surface area (Å²) in [6, 6.07) is 8.81. The zero-order valence-corrected chi connectivity index (χ0v) is 19.1. The van der Waals surface area contributed by atoms with E-state index in [1.54, 1.807) is 14.2 Å². The Bertz CT molecular complexity index is 669. The predicted octanol–water partition coefficient (Wildman–Crippen LogP) is 3.59. The van der Waals surface area contributed by atoms with E-state index in [0.717, 1.165) is 57.5 Å². The number of likely N-dealkylation sites (tertiary alicyclic amines) is 1. The molecule has 1 unspecified atom stereocenters. The standard InChI is InChI=1S/C24H40N4O2/c1-4-25-23(27-19-24(11-8-12-24)13-16-29-2)26-18-22(28-14-5-6-15-28)20-9-7-10-21(17-20)30-3/h7,9-10,17,22H,4-6,8,11-16,18-19H2,1-3H3,(H2,25,26,27). The second-order valence-electron chi connectivity index (χ2n) is 8.71. The number of methoxy groups -OCH3 is 2. The molecule has 2 aliphatic rings. The van der Waals surface area contributed by atoms with Crippen LogP contribution in [0.1, 0.15) is 57.1 Å². The molecule has 1 saturated carbocycles. The van der Waals surface area contributed by atoms with Gasteiger partial charge >= 0.3 is 0 Å². The van der Waals surface area contributed by atoms with Crippen molar-refractivity contribution in [1.82, 2.24) is 15.5 Å². The fourth-order valence-electron chi connectivity index (χ4n) is 4.62. The van der Waals surface area contributed by atoms with Gasteiger partial charge in [-0.1, -0.05) is 18.6 Å². The van der Waals surface area contributed by atoms with Crippen LogP contribution in [-0.2, 0) is 4.74 Å². The highest BCUT2D eigenvalue weighted by molar-refractivity contribution is 5.79. The van der Waals surface area contributed by atoms with Crippen LogP contribution in [0.3, 0.4) is 0 Å². The van der Waals surface area contributed by atoms with Gasteiger partial charge in [0, 0.05) is 33.4 Å². The fourth-order valence-corrected chi connectivity index (χ4v) is 4.62. The van der Waals surface area contributed by atoms with Crippen molar-refractivity contribution >= 4 is 5.96 Å². The first-order valence-corrected chi connectivity index (χ1v) is 11.6. The molecule has 1 aliphatic heterocycles. The Hall–Kier alpha value is -1.79. The van der Waals surface area contributed by atoms with Gasteiger partial charge in [0.15, 0.2) is 5.96 Å². The number of nitrogens with zero attached hydrogens (tertiary/aromatic N) is 2. The number of hydrogen-bond donors (Lipinski definition) is 2. The van der Waals surface area contributed by atoms with Crippen LogP contribution in [0.4, 0.5) is 0 Å². The van der Waals surface area contributed by atoms with Crippen LogP contribution in [0.25, 0.3) is 0 Å². The molecule has 1 aromatic rings. The molecule has 3 rings (SSSR count). The molecule has 0 spiro atoms. The lowest BCUT2D eigenvalue weighted by atomic mass is 9.67. The van der Waals surface area contributed by atoms with Crippen LogP contribution in [-0.4, -0.2) is 64.4 Å². The first kappa shape index (κ1) is 22.9. The molecule has 1 atom stereocenters. The Kier molecular flexibility index (Phi) is 8.82. The monoisotopic (exact) mass is 416 g/mol. The molecule has 1 aromatic carbocycles. The lowest BCUT2D eigenvalue weighted by Gasteiger charge is -2.41. The Morgan fingerprint density at radius 2 is 1.97 bits per heavy atom. The second-order valence-corrected chi connectivity index (χ2v) is 8.71. The fraction of sp³-hybridized carbons (Fsp3) is 0.708. The summed E-state index contributed by atoms with van der Waals surface area (Å²) in [6.45, 7) is 7.83. The minimum absolute atomic E-state index is 0.317. The molecule has 168 valence electrons. The summed E-state index contributed by atoms with van der Waals surface area (Å²) >= 11 is 0. The maximum Gasteiger partial charge on any atom is 0.191 e. The lowest BCUT2D eigenvalue weighted by Crippen LogP contribution is -2.44. The molecule has 6 heteroatoms. The highest BCUT2D eigenvalue weighted by atomic mass is 16.5. The normalized spacial score (nSPS) is 19.9. The summed E-state index contributed by atoms with van der Waals surface area (Å²) in [4.78, 5) is 7.56. The van der Waals surface area contributed by atoms with Gasteiger partial charge < -0.3 is 20.1 Å². The molecule has 0 aromatic heterocycles. The number of rotatable bonds is 11. The Labute approximate surface area is 182 Å². The van der Waals surface area contributed by atoms with Gasteiger partial charge in [-0.2, -0.15) is 0 Å². The van der Waals surface area contributed by atoms with Crippen molar-refractivity contribution in [2.45, 2.75) is 51.5 Å². The molecular weight excluding hydrogens is 376 g/mol. The Morgan fingerprint density at radius 1 is 1.17 bits per heavy atom. The molecule has 0 radical (unpaired) electrons. The maximum absolute atomic E-state index is 5.47. The van der Waals surface area contributed by atoms with E-state index in [-0.39, 0.29) is 0 Å². The van der Waals surface area contributed by atoms with Crippen molar-refractivity contribution in [2.24, 2.45) is 10.4 Å². The van der Waals surface area contributed by atoms with Gasteiger partial charge in [-0.3, -0.25) is 9.89 Å². The van der Waals surface area contributed by atoms with Crippen LogP contribution in [0.2, 0.25) is 0 Å². The molecule has 1 saturated heterocycles. The van der Waals surface area contributed by atoms with Gasteiger partial charge in [0.25, 0.3) is 0 Å². The number of aliphatic imine (C=N–C) groups is 1. The summed E-state index contributed by atoms with van der Waals surface area (Å²) in [6.07, 6.45) is 7.49. The van der Waals surface area contributed by atoms with E-state index in [1.165, 1.54) is 37.7 Å². The highest BCUT2D eigenvalue weighted by Gasteiger charge is 2.36. The summed E-state index contributed by atoms with van der Waals surface area (Å²) in [5.41, 5.74) is 1.63. The third-order valence-corrected chi connectivity index (χ3v) is 6.69. The van der Waals surface area contributed by atoms with Gasteiger partial charge in [0.1, 0.15) is 5.75 Å². The highest BCUT2D eigenvalue weighted by Crippen LogP contribution is 2.44. The van der Waals surface area contributed by atoms with Crippen LogP contribution in [0.5, 0.6) is 5.75 Å². The molecule has 30 heavy (non-hydrogen) atoms. The van der Waals surface area contributed by atoms with Crippen LogP contribution < -0.4 is 15.4 Å². The number of benzene rings is 1. The Balaban J connectivity index is 1.67. The molecular formula is C24H40N4O2. The smallest absolute Gasteiger partial charge is 0.191 e. The van der Waals surface area contributed by atoms with E-state index in [4.69, 9.17) is 14.5 Å². The first-order valence-electron chi connectivity index (χ1n) is 11.6. The van der Waals surface area contributed by atoms with Crippen molar-refractivity contribution in [1.29, 1.82) is 0 Å². The Morgan fingerprint density at radius 3 is 2.60 bits per heavy atom. The van der Waals surface area contributed by atoms with E-state index in [9.17, 15) is 0 Å². The zero-order valence-electron chi connectivity index (χ0n) is 19.1. The van der Waals surface area contributed by atoms with Crippen molar-refractivity contribution < 1.29 is 9.47 Å². The number of guanidine groups is 1.